The number of amides is 1. The Bertz CT molecular complexity index is 337. The third-order valence-corrected chi connectivity index (χ3v) is 1.65. The second-order valence-corrected chi connectivity index (χ2v) is 2.76. The zero-order chi connectivity index (χ0) is 9.52. The fourth-order valence-electron chi connectivity index (χ4n) is 0.840. The van der Waals surface area contributed by atoms with Crippen LogP contribution in [0.5, 0.6) is 0 Å². The predicted octanol–water partition coefficient (Wildman–Crippen LogP) is 2.37. The van der Waals surface area contributed by atoms with E-state index in [0.717, 1.165) is 5.69 Å². The molecule has 0 saturated carbocycles. The number of carbonyl (C=O) groups is 1. The van der Waals surface area contributed by atoms with Crippen LogP contribution in [-0.4, -0.2) is 5.91 Å². The summed E-state index contributed by atoms with van der Waals surface area (Å²) in [5, 5.41) is 2.71. The van der Waals surface area contributed by atoms with E-state index in [2.05, 4.69) is 32.0 Å². The molecule has 0 saturated heterocycles. The van der Waals surface area contributed by atoms with Gasteiger partial charge >= 0.3 is 0 Å². The van der Waals surface area contributed by atoms with Crippen LogP contribution in [0.1, 0.15) is 6.42 Å². The SMILES string of the molecule is O=C(CC#CBr)Nc1ccccc1. The summed E-state index contributed by atoms with van der Waals surface area (Å²) in [6.07, 6.45) is 0.208. The molecule has 0 aromatic heterocycles. The quantitative estimate of drug-likeness (QED) is 0.787. The van der Waals surface area contributed by atoms with E-state index >= 15 is 0 Å². The van der Waals surface area contributed by atoms with Crippen molar-refractivity contribution in [2.45, 2.75) is 6.42 Å². The maximum Gasteiger partial charge on any atom is 0.236 e. The summed E-state index contributed by atoms with van der Waals surface area (Å²) in [5.41, 5.74) is 0.795. The lowest BCUT2D eigenvalue weighted by atomic mass is 10.3. The van der Waals surface area contributed by atoms with Gasteiger partial charge < -0.3 is 5.32 Å². The number of rotatable bonds is 2. The molecule has 0 heterocycles. The normalized spacial score (nSPS) is 8.38. The monoisotopic (exact) mass is 237 g/mol. The maximum atomic E-state index is 11.1. The molecular weight excluding hydrogens is 230 g/mol. The lowest BCUT2D eigenvalue weighted by Gasteiger charge is -2.00. The predicted molar refractivity (Wildman–Crippen MR) is 56.4 cm³/mol. The van der Waals surface area contributed by atoms with Gasteiger partial charge in [-0.25, -0.2) is 0 Å². The molecule has 0 fully saturated rings. The molecule has 0 radical (unpaired) electrons. The zero-order valence-electron chi connectivity index (χ0n) is 6.88. The van der Waals surface area contributed by atoms with Gasteiger partial charge in [0.2, 0.25) is 5.91 Å². The highest BCUT2D eigenvalue weighted by atomic mass is 79.9. The second kappa shape index (κ2) is 5.39. The average molecular weight is 238 g/mol. The summed E-state index contributed by atoms with van der Waals surface area (Å²) in [5.74, 6) is 2.52. The maximum absolute atomic E-state index is 11.1. The number of carbonyl (C=O) groups excluding carboxylic acids is 1. The molecule has 0 aliphatic carbocycles. The van der Waals surface area contributed by atoms with Crippen molar-refractivity contribution >= 4 is 27.5 Å². The third kappa shape index (κ3) is 3.77. The molecule has 1 N–H and O–H groups in total. The van der Waals surface area contributed by atoms with Crippen LogP contribution in [0.3, 0.4) is 0 Å². The van der Waals surface area contributed by atoms with E-state index in [1.807, 2.05) is 30.3 Å². The number of hydrogen-bond acceptors (Lipinski definition) is 1. The van der Waals surface area contributed by atoms with Crippen LogP contribution >= 0.6 is 15.9 Å². The van der Waals surface area contributed by atoms with E-state index in [-0.39, 0.29) is 12.3 Å². The van der Waals surface area contributed by atoms with Crippen molar-refractivity contribution in [1.29, 1.82) is 0 Å². The van der Waals surface area contributed by atoms with Crippen molar-refractivity contribution in [1.82, 2.24) is 0 Å². The lowest BCUT2D eigenvalue weighted by molar-refractivity contribution is -0.115. The van der Waals surface area contributed by atoms with Gasteiger partial charge in [0.1, 0.15) is 0 Å². The Morgan fingerprint density at radius 2 is 2.08 bits per heavy atom. The van der Waals surface area contributed by atoms with E-state index in [1.54, 1.807) is 0 Å². The summed E-state index contributed by atoms with van der Waals surface area (Å²) in [6.45, 7) is 0. The van der Waals surface area contributed by atoms with Gasteiger partial charge in [-0.05, 0) is 17.0 Å². The summed E-state index contributed by atoms with van der Waals surface area (Å²) < 4.78 is 0. The molecule has 2 nitrogen and oxygen atoms in total. The van der Waals surface area contributed by atoms with Gasteiger partial charge in [0.15, 0.2) is 0 Å². The van der Waals surface area contributed by atoms with Crippen molar-refractivity contribution in [3.8, 4) is 10.8 Å². The summed E-state index contributed by atoms with van der Waals surface area (Å²) in [7, 11) is 0. The van der Waals surface area contributed by atoms with Crippen molar-refractivity contribution < 1.29 is 4.79 Å². The third-order valence-electron chi connectivity index (χ3n) is 1.37. The number of para-hydroxylation sites is 1. The molecule has 1 aromatic rings. The highest BCUT2D eigenvalue weighted by Crippen LogP contribution is 2.04. The van der Waals surface area contributed by atoms with Crippen molar-refractivity contribution in [2.75, 3.05) is 5.32 Å². The van der Waals surface area contributed by atoms with Gasteiger partial charge in [-0.2, -0.15) is 0 Å². The van der Waals surface area contributed by atoms with Crippen LogP contribution in [0.4, 0.5) is 5.69 Å². The minimum Gasteiger partial charge on any atom is -0.325 e. The highest BCUT2D eigenvalue weighted by molar-refractivity contribution is 9.12. The summed E-state index contributed by atoms with van der Waals surface area (Å²) >= 11 is 2.92. The van der Waals surface area contributed by atoms with Crippen LogP contribution in [0.2, 0.25) is 0 Å². The van der Waals surface area contributed by atoms with E-state index in [0.29, 0.717) is 0 Å². The number of benzene rings is 1. The van der Waals surface area contributed by atoms with Gasteiger partial charge in [0, 0.05) is 21.6 Å². The van der Waals surface area contributed by atoms with Gasteiger partial charge in [0.25, 0.3) is 0 Å². The fraction of sp³-hybridized carbons (Fsp3) is 0.100. The van der Waals surface area contributed by atoms with E-state index in [1.165, 1.54) is 0 Å². The van der Waals surface area contributed by atoms with Crippen LogP contribution in [-0.2, 0) is 4.79 Å². The molecule has 0 aliphatic rings. The molecule has 0 atom stereocenters. The summed E-state index contributed by atoms with van der Waals surface area (Å²) in [4.78, 5) is 13.6. The molecular formula is C10H8BrNO. The van der Waals surface area contributed by atoms with Crippen molar-refractivity contribution in [2.24, 2.45) is 0 Å². The first kappa shape index (κ1) is 9.82. The van der Waals surface area contributed by atoms with Gasteiger partial charge in [-0.1, -0.05) is 24.1 Å². The lowest BCUT2D eigenvalue weighted by Crippen LogP contribution is -2.09. The second-order valence-electron chi connectivity index (χ2n) is 2.36. The Hall–Kier alpha value is -1.27. The van der Waals surface area contributed by atoms with Crippen LogP contribution in [0.15, 0.2) is 30.3 Å². The van der Waals surface area contributed by atoms with Crippen LogP contribution < -0.4 is 5.32 Å². The molecule has 3 heteroatoms. The van der Waals surface area contributed by atoms with Gasteiger partial charge in [-0.3, -0.25) is 4.79 Å². The first-order valence-corrected chi connectivity index (χ1v) is 4.55. The Labute approximate surface area is 85.5 Å². The van der Waals surface area contributed by atoms with E-state index in [9.17, 15) is 4.79 Å². The molecule has 66 valence electrons. The molecule has 0 bridgehead atoms. The first-order chi connectivity index (χ1) is 6.33. The molecule has 0 spiro atoms. The summed E-state index contributed by atoms with van der Waals surface area (Å²) in [6, 6.07) is 9.30. The Balaban J connectivity index is 2.49. The Morgan fingerprint density at radius 3 is 2.69 bits per heavy atom. The Kier molecular flexibility index (Phi) is 4.07. The van der Waals surface area contributed by atoms with Crippen LogP contribution in [0.25, 0.3) is 0 Å². The molecule has 13 heavy (non-hydrogen) atoms. The first-order valence-electron chi connectivity index (χ1n) is 3.76. The molecule has 1 aromatic carbocycles. The van der Waals surface area contributed by atoms with Crippen molar-refractivity contribution in [3.05, 3.63) is 30.3 Å². The zero-order valence-corrected chi connectivity index (χ0v) is 8.47. The largest absolute Gasteiger partial charge is 0.325 e. The topological polar surface area (TPSA) is 29.1 Å². The number of halogens is 1. The fourth-order valence-corrected chi connectivity index (χ4v) is 0.981. The van der Waals surface area contributed by atoms with Gasteiger partial charge in [0.05, 0.1) is 6.42 Å². The molecule has 0 unspecified atom stereocenters. The van der Waals surface area contributed by atoms with E-state index in [4.69, 9.17) is 0 Å². The van der Waals surface area contributed by atoms with Gasteiger partial charge in [-0.15, -0.1) is 0 Å². The standard InChI is InChI=1S/C10H8BrNO/c11-8-4-7-10(13)12-9-5-2-1-3-6-9/h1-3,5-6H,7H2,(H,12,13). The molecule has 1 amide bonds. The van der Waals surface area contributed by atoms with Crippen LogP contribution in [0, 0.1) is 10.8 Å². The molecule has 1 rings (SSSR count). The smallest absolute Gasteiger partial charge is 0.236 e. The van der Waals surface area contributed by atoms with Crippen molar-refractivity contribution in [3.63, 3.8) is 0 Å². The highest BCUT2D eigenvalue weighted by Gasteiger charge is 1.97. The minimum absolute atomic E-state index is 0.0989. The Morgan fingerprint density at radius 1 is 1.38 bits per heavy atom. The molecule has 0 aliphatic heterocycles. The number of hydrogen-bond donors (Lipinski definition) is 1. The minimum atomic E-state index is -0.0989. The number of nitrogens with one attached hydrogen (secondary N) is 1. The van der Waals surface area contributed by atoms with E-state index < -0.39 is 0 Å². The average Bonchev–Trinajstić information content (AvgIpc) is 2.16. The number of anilines is 1.